The van der Waals surface area contributed by atoms with Crippen LogP contribution in [0.1, 0.15) is 15.9 Å². The fraction of sp³-hybridized carbons (Fsp3) is 0.111. The second kappa shape index (κ2) is 6.79. The van der Waals surface area contributed by atoms with Crippen molar-refractivity contribution in [2.24, 2.45) is 0 Å². The van der Waals surface area contributed by atoms with E-state index in [2.05, 4.69) is 10.3 Å². The van der Waals surface area contributed by atoms with Gasteiger partial charge in [-0.05, 0) is 42.0 Å². The molecule has 0 aliphatic rings. The quantitative estimate of drug-likeness (QED) is 0.785. The number of furan rings is 1. The molecule has 1 amide bonds. The summed E-state index contributed by atoms with van der Waals surface area (Å²) in [5.74, 6) is 1.24. The van der Waals surface area contributed by atoms with E-state index in [4.69, 9.17) is 9.15 Å². The first-order chi connectivity index (χ1) is 11.3. The Morgan fingerprint density at radius 3 is 2.91 bits per heavy atom. The molecule has 0 saturated carbocycles. The lowest BCUT2D eigenvalue weighted by Gasteiger charge is -2.07. The largest absolute Gasteiger partial charge is 0.497 e. The highest BCUT2D eigenvalue weighted by atomic mass is 16.5. The van der Waals surface area contributed by atoms with Crippen molar-refractivity contribution < 1.29 is 13.9 Å². The molecule has 1 aromatic carbocycles. The number of aromatic nitrogens is 1. The van der Waals surface area contributed by atoms with Gasteiger partial charge in [0.2, 0.25) is 0 Å². The normalized spacial score (nSPS) is 10.3. The number of hydrogen-bond donors (Lipinski definition) is 1. The maximum Gasteiger partial charge on any atom is 0.251 e. The SMILES string of the molecule is COc1cccc(C(=O)NCc2cncc(-c3ccco3)c2)c1. The van der Waals surface area contributed by atoms with Crippen LogP contribution < -0.4 is 10.1 Å². The summed E-state index contributed by atoms with van der Waals surface area (Å²) >= 11 is 0. The van der Waals surface area contributed by atoms with E-state index < -0.39 is 0 Å². The molecular weight excluding hydrogens is 292 g/mol. The minimum atomic E-state index is -0.160. The van der Waals surface area contributed by atoms with E-state index in [0.717, 1.165) is 16.9 Å². The summed E-state index contributed by atoms with van der Waals surface area (Å²) in [4.78, 5) is 16.4. The van der Waals surface area contributed by atoms with Crippen molar-refractivity contribution in [1.82, 2.24) is 10.3 Å². The molecule has 0 aliphatic carbocycles. The van der Waals surface area contributed by atoms with Crippen LogP contribution in [-0.4, -0.2) is 18.0 Å². The number of carbonyl (C=O) groups is 1. The van der Waals surface area contributed by atoms with Crippen LogP contribution in [0.4, 0.5) is 0 Å². The third kappa shape index (κ3) is 3.58. The van der Waals surface area contributed by atoms with Gasteiger partial charge in [-0.1, -0.05) is 6.07 Å². The minimum Gasteiger partial charge on any atom is -0.497 e. The first-order valence-electron chi connectivity index (χ1n) is 7.16. The Bertz CT molecular complexity index is 798. The lowest BCUT2D eigenvalue weighted by atomic mass is 10.1. The Labute approximate surface area is 133 Å². The average molecular weight is 308 g/mol. The zero-order valence-corrected chi connectivity index (χ0v) is 12.7. The molecular formula is C18H16N2O3. The highest BCUT2D eigenvalue weighted by Crippen LogP contribution is 2.19. The van der Waals surface area contributed by atoms with Crippen molar-refractivity contribution in [1.29, 1.82) is 0 Å². The van der Waals surface area contributed by atoms with E-state index in [1.807, 2.05) is 18.2 Å². The molecule has 0 bridgehead atoms. The van der Waals surface area contributed by atoms with Crippen LogP contribution in [0.2, 0.25) is 0 Å². The molecule has 5 nitrogen and oxygen atoms in total. The minimum absolute atomic E-state index is 0.160. The molecule has 0 aliphatic heterocycles. The summed E-state index contributed by atoms with van der Waals surface area (Å²) in [6.45, 7) is 0.386. The van der Waals surface area contributed by atoms with Gasteiger partial charge in [-0.15, -0.1) is 0 Å². The summed E-state index contributed by atoms with van der Waals surface area (Å²) in [5, 5.41) is 2.87. The maximum atomic E-state index is 12.2. The number of rotatable bonds is 5. The first-order valence-corrected chi connectivity index (χ1v) is 7.16. The van der Waals surface area contributed by atoms with Crippen molar-refractivity contribution in [2.75, 3.05) is 7.11 Å². The van der Waals surface area contributed by atoms with E-state index >= 15 is 0 Å². The van der Waals surface area contributed by atoms with Gasteiger partial charge in [-0.3, -0.25) is 9.78 Å². The highest BCUT2D eigenvalue weighted by molar-refractivity contribution is 5.94. The number of pyridine rings is 1. The molecule has 0 radical (unpaired) electrons. The number of methoxy groups -OCH3 is 1. The van der Waals surface area contributed by atoms with Gasteiger partial charge in [0, 0.05) is 30.1 Å². The smallest absolute Gasteiger partial charge is 0.251 e. The van der Waals surface area contributed by atoms with Gasteiger partial charge in [-0.25, -0.2) is 0 Å². The van der Waals surface area contributed by atoms with Gasteiger partial charge < -0.3 is 14.5 Å². The van der Waals surface area contributed by atoms with Crippen molar-refractivity contribution in [3.63, 3.8) is 0 Å². The molecule has 5 heteroatoms. The van der Waals surface area contributed by atoms with Crippen LogP contribution >= 0.6 is 0 Å². The molecule has 2 heterocycles. The van der Waals surface area contributed by atoms with Gasteiger partial charge in [0.05, 0.1) is 13.4 Å². The maximum absolute atomic E-state index is 12.2. The van der Waals surface area contributed by atoms with Crippen LogP contribution in [-0.2, 0) is 6.54 Å². The number of nitrogens with one attached hydrogen (secondary N) is 1. The Balaban J connectivity index is 1.68. The Hall–Kier alpha value is -3.08. The first kappa shape index (κ1) is 14.8. The van der Waals surface area contributed by atoms with Gasteiger partial charge >= 0.3 is 0 Å². The number of ether oxygens (including phenoxy) is 1. The molecule has 1 N–H and O–H groups in total. The monoisotopic (exact) mass is 308 g/mol. The van der Waals surface area contributed by atoms with Crippen LogP contribution in [0.5, 0.6) is 5.75 Å². The molecule has 0 atom stereocenters. The van der Waals surface area contributed by atoms with Crippen molar-refractivity contribution in [3.8, 4) is 17.1 Å². The van der Waals surface area contributed by atoms with Crippen LogP contribution in [0.25, 0.3) is 11.3 Å². The molecule has 0 fully saturated rings. The lowest BCUT2D eigenvalue weighted by Crippen LogP contribution is -2.22. The molecule has 0 spiro atoms. The summed E-state index contributed by atoms with van der Waals surface area (Å²) in [7, 11) is 1.57. The van der Waals surface area contributed by atoms with Gasteiger partial charge in [0.25, 0.3) is 5.91 Å². The molecule has 23 heavy (non-hydrogen) atoms. The summed E-state index contributed by atoms with van der Waals surface area (Å²) < 4.78 is 10.5. The number of carbonyl (C=O) groups excluding carboxylic acids is 1. The number of amides is 1. The van der Waals surface area contributed by atoms with E-state index in [9.17, 15) is 4.79 Å². The Morgan fingerprint density at radius 2 is 2.13 bits per heavy atom. The molecule has 3 rings (SSSR count). The van der Waals surface area contributed by atoms with Crippen LogP contribution in [0, 0.1) is 0 Å². The van der Waals surface area contributed by atoms with E-state index in [0.29, 0.717) is 17.9 Å². The second-order valence-electron chi connectivity index (χ2n) is 4.97. The lowest BCUT2D eigenvalue weighted by molar-refractivity contribution is 0.0950. The zero-order valence-electron chi connectivity index (χ0n) is 12.7. The third-order valence-corrected chi connectivity index (χ3v) is 3.39. The Kier molecular flexibility index (Phi) is 4.38. The predicted octanol–water partition coefficient (Wildman–Crippen LogP) is 3.28. The topological polar surface area (TPSA) is 64.4 Å². The summed E-state index contributed by atoms with van der Waals surface area (Å²) in [6, 6.07) is 12.7. The highest BCUT2D eigenvalue weighted by Gasteiger charge is 2.07. The molecule has 2 aromatic heterocycles. The van der Waals surface area contributed by atoms with E-state index in [1.54, 1.807) is 50.0 Å². The molecule has 3 aromatic rings. The van der Waals surface area contributed by atoms with Crippen molar-refractivity contribution >= 4 is 5.91 Å². The van der Waals surface area contributed by atoms with Gasteiger partial charge in [0.15, 0.2) is 0 Å². The van der Waals surface area contributed by atoms with E-state index in [1.165, 1.54) is 0 Å². The molecule has 0 unspecified atom stereocenters. The number of hydrogen-bond acceptors (Lipinski definition) is 4. The van der Waals surface area contributed by atoms with Gasteiger partial charge in [-0.2, -0.15) is 0 Å². The second-order valence-corrected chi connectivity index (χ2v) is 4.97. The summed E-state index contributed by atoms with van der Waals surface area (Å²) in [5.41, 5.74) is 2.33. The van der Waals surface area contributed by atoms with E-state index in [-0.39, 0.29) is 5.91 Å². The number of nitrogens with zero attached hydrogens (tertiary/aromatic N) is 1. The number of benzene rings is 1. The predicted molar refractivity (Wildman–Crippen MR) is 86.1 cm³/mol. The fourth-order valence-corrected chi connectivity index (χ4v) is 2.21. The third-order valence-electron chi connectivity index (χ3n) is 3.39. The standard InChI is InChI=1S/C18H16N2O3/c1-22-16-5-2-4-14(9-16)18(21)20-11-13-8-15(12-19-10-13)17-6-3-7-23-17/h2-10,12H,11H2,1H3,(H,20,21). The van der Waals surface area contributed by atoms with Gasteiger partial charge in [0.1, 0.15) is 11.5 Å². The molecule has 116 valence electrons. The average Bonchev–Trinajstić information content (AvgIpc) is 3.14. The van der Waals surface area contributed by atoms with Crippen LogP contribution in [0.15, 0.2) is 65.5 Å². The Morgan fingerprint density at radius 1 is 1.22 bits per heavy atom. The summed E-state index contributed by atoms with van der Waals surface area (Å²) in [6.07, 6.45) is 5.07. The molecule has 0 saturated heterocycles. The van der Waals surface area contributed by atoms with Crippen molar-refractivity contribution in [2.45, 2.75) is 6.54 Å². The van der Waals surface area contributed by atoms with Crippen molar-refractivity contribution in [3.05, 3.63) is 72.2 Å². The fourth-order valence-electron chi connectivity index (χ4n) is 2.21. The van der Waals surface area contributed by atoms with Crippen LogP contribution in [0.3, 0.4) is 0 Å². The zero-order chi connectivity index (χ0) is 16.1.